The minimum Gasteiger partial charge on any atom is -0.491 e. The highest BCUT2D eigenvalue weighted by Crippen LogP contribution is 2.28. The number of aromatic nitrogens is 1. The fraction of sp³-hybridized carbons (Fsp3) is 0.261. The first-order valence-corrected chi connectivity index (χ1v) is 10.6. The Morgan fingerprint density at radius 3 is 2.67 bits per heavy atom. The average Bonchev–Trinajstić information content (AvgIpc) is 3.22. The number of benzene rings is 2. The summed E-state index contributed by atoms with van der Waals surface area (Å²) < 4.78 is 23.8. The lowest BCUT2D eigenvalue weighted by Crippen LogP contribution is -2.44. The summed E-state index contributed by atoms with van der Waals surface area (Å²) in [5.74, 6) is -2.27. The molecule has 174 valence electrons. The quantitative estimate of drug-likeness (QED) is 0.404. The molecule has 2 atom stereocenters. The van der Waals surface area contributed by atoms with Crippen molar-refractivity contribution in [1.29, 1.82) is 0 Å². The highest BCUT2D eigenvalue weighted by Gasteiger charge is 2.25. The van der Waals surface area contributed by atoms with Crippen LogP contribution in [-0.4, -0.2) is 40.8 Å². The van der Waals surface area contributed by atoms with E-state index in [2.05, 4.69) is 10.5 Å². The highest BCUT2D eigenvalue weighted by atomic mass is 35.5. The van der Waals surface area contributed by atoms with Crippen molar-refractivity contribution in [2.75, 3.05) is 6.61 Å². The van der Waals surface area contributed by atoms with Crippen LogP contribution in [0.25, 0.3) is 11.1 Å². The van der Waals surface area contributed by atoms with Gasteiger partial charge in [0.1, 0.15) is 11.9 Å². The molecular weight excluding hydrogens is 453 g/mol. The van der Waals surface area contributed by atoms with Gasteiger partial charge in [-0.15, -0.1) is 0 Å². The van der Waals surface area contributed by atoms with Crippen molar-refractivity contribution in [1.82, 2.24) is 10.5 Å². The zero-order valence-corrected chi connectivity index (χ0v) is 18.5. The molecule has 0 spiro atoms. The van der Waals surface area contributed by atoms with Gasteiger partial charge in [-0.05, 0) is 48.2 Å². The smallest absolute Gasteiger partial charge is 0.322 e. The van der Waals surface area contributed by atoms with E-state index in [9.17, 15) is 19.1 Å². The Labute approximate surface area is 194 Å². The summed E-state index contributed by atoms with van der Waals surface area (Å²) >= 11 is 6.46. The predicted octanol–water partition coefficient (Wildman–Crippen LogP) is 3.46. The van der Waals surface area contributed by atoms with Crippen molar-refractivity contribution in [3.63, 3.8) is 0 Å². The lowest BCUT2D eigenvalue weighted by atomic mass is 9.97. The summed E-state index contributed by atoms with van der Waals surface area (Å²) in [4.78, 5) is 24.5. The molecule has 0 saturated heterocycles. The van der Waals surface area contributed by atoms with Gasteiger partial charge in [-0.1, -0.05) is 41.9 Å². The first-order chi connectivity index (χ1) is 15.8. The minimum atomic E-state index is -0.991. The average molecular weight is 476 g/mol. The van der Waals surface area contributed by atoms with E-state index in [1.54, 1.807) is 43.3 Å². The Balaban J connectivity index is 1.81. The molecule has 3 aromatic rings. The van der Waals surface area contributed by atoms with E-state index < -0.39 is 29.8 Å². The molecule has 0 saturated carbocycles. The van der Waals surface area contributed by atoms with Crippen LogP contribution in [0.5, 0.6) is 5.88 Å². The Hall–Kier alpha value is -3.43. The summed E-state index contributed by atoms with van der Waals surface area (Å²) in [5, 5.41) is 15.7. The predicted molar refractivity (Wildman–Crippen MR) is 119 cm³/mol. The van der Waals surface area contributed by atoms with E-state index in [0.717, 1.165) is 6.07 Å². The van der Waals surface area contributed by atoms with Crippen LogP contribution in [0.3, 0.4) is 0 Å². The normalized spacial score (nSPS) is 12.7. The molecule has 2 aromatic carbocycles. The van der Waals surface area contributed by atoms with Crippen molar-refractivity contribution in [2.45, 2.75) is 31.8 Å². The third-order valence-electron chi connectivity index (χ3n) is 4.89. The highest BCUT2D eigenvalue weighted by molar-refractivity contribution is 6.31. The van der Waals surface area contributed by atoms with E-state index in [4.69, 9.17) is 26.6 Å². The van der Waals surface area contributed by atoms with Crippen molar-refractivity contribution >= 4 is 23.5 Å². The molecule has 0 aliphatic carbocycles. The summed E-state index contributed by atoms with van der Waals surface area (Å²) in [7, 11) is 0. The molecule has 0 aliphatic heterocycles. The number of hydrogen-bond acceptors (Lipinski definition) is 7. The van der Waals surface area contributed by atoms with E-state index in [0.29, 0.717) is 21.7 Å². The number of carbonyl (C=O) groups excluding carboxylic acids is 2. The Kier molecular flexibility index (Phi) is 8.02. The number of esters is 1. The molecule has 1 amide bonds. The summed E-state index contributed by atoms with van der Waals surface area (Å²) in [5.41, 5.74) is 7.61. The number of amides is 1. The molecule has 10 heteroatoms. The number of rotatable bonds is 9. The van der Waals surface area contributed by atoms with Crippen molar-refractivity contribution in [3.05, 3.63) is 70.7 Å². The third-order valence-corrected chi connectivity index (χ3v) is 5.24. The van der Waals surface area contributed by atoms with Gasteiger partial charge in [0.2, 0.25) is 5.76 Å². The maximum absolute atomic E-state index is 14.1. The topological polar surface area (TPSA) is 128 Å². The van der Waals surface area contributed by atoms with Gasteiger partial charge in [0, 0.05) is 16.6 Å². The van der Waals surface area contributed by atoms with Gasteiger partial charge in [0.15, 0.2) is 0 Å². The maximum Gasteiger partial charge on any atom is 0.322 e. The fourth-order valence-corrected chi connectivity index (χ4v) is 3.57. The number of carbonyl (C=O) groups is 2. The molecular formula is C23H23ClFN3O5. The second-order valence-corrected chi connectivity index (χ2v) is 7.71. The number of nitrogens with one attached hydrogen (secondary N) is 1. The van der Waals surface area contributed by atoms with Crippen LogP contribution in [0.2, 0.25) is 5.02 Å². The number of hydrogen-bond donors (Lipinski definition) is 3. The van der Waals surface area contributed by atoms with Crippen molar-refractivity contribution in [3.8, 4) is 17.0 Å². The fourth-order valence-electron chi connectivity index (χ4n) is 3.32. The Morgan fingerprint density at radius 1 is 1.27 bits per heavy atom. The van der Waals surface area contributed by atoms with Crippen molar-refractivity contribution in [2.24, 2.45) is 5.73 Å². The number of ether oxygens (including phenoxy) is 1. The summed E-state index contributed by atoms with van der Waals surface area (Å²) in [6.45, 7) is 1.83. The number of nitrogens with two attached hydrogens (primary N) is 1. The van der Waals surface area contributed by atoms with E-state index in [-0.39, 0.29) is 31.0 Å². The second-order valence-electron chi connectivity index (χ2n) is 7.30. The lowest BCUT2D eigenvalue weighted by molar-refractivity contribution is -0.145. The molecule has 0 radical (unpaired) electrons. The molecule has 33 heavy (non-hydrogen) atoms. The SMILES string of the molecule is CCOC(=O)C(N)C[C@@H](Cc1ccc(-c2ccccc2F)cc1Cl)NC(=O)c1cc(O)no1. The van der Waals surface area contributed by atoms with E-state index in [1.165, 1.54) is 6.07 Å². The molecule has 1 heterocycles. The minimum absolute atomic E-state index is 0.0517. The van der Waals surface area contributed by atoms with Crippen molar-refractivity contribution < 1.29 is 28.3 Å². The number of nitrogens with zero attached hydrogens (tertiary/aromatic N) is 1. The van der Waals surface area contributed by atoms with Gasteiger partial charge in [0.05, 0.1) is 12.7 Å². The zero-order valence-electron chi connectivity index (χ0n) is 17.8. The van der Waals surface area contributed by atoms with Gasteiger partial charge in [0.25, 0.3) is 11.8 Å². The van der Waals surface area contributed by atoms with Crippen LogP contribution >= 0.6 is 11.6 Å². The van der Waals surface area contributed by atoms with E-state index >= 15 is 0 Å². The van der Waals surface area contributed by atoms with Gasteiger partial charge < -0.3 is 25.4 Å². The molecule has 8 nitrogen and oxygen atoms in total. The first-order valence-electron chi connectivity index (χ1n) is 10.2. The molecule has 4 N–H and O–H groups in total. The molecule has 0 aliphatic rings. The van der Waals surface area contributed by atoms with Gasteiger partial charge in [-0.2, -0.15) is 0 Å². The molecule has 1 unspecified atom stereocenters. The largest absolute Gasteiger partial charge is 0.491 e. The summed E-state index contributed by atoms with van der Waals surface area (Å²) in [6.07, 6.45) is 0.269. The van der Waals surface area contributed by atoms with Crippen LogP contribution in [0.4, 0.5) is 4.39 Å². The molecule has 0 fully saturated rings. The van der Waals surface area contributed by atoms with Crippen LogP contribution in [-0.2, 0) is 16.0 Å². The van der Waals surface area contributed by atoms with Crippen LogP contribution in [0, 0.1) is 5.82 Å². The third kappa shape index (κ3) is 6.30. The van der Waals surface area contributed by atoms with Gasteiger partial charge >= 0.3 is 5.97 Å². The van der Waals surface area contributed by atoms with Crippen LogP contribution in [0.1, 0.15) is 29.5 Å². The van der Waals surface area contributed by atoms with Gasteiger partial charge in [-0.25, -0.2) is 4.39 Å². The number of aromatic hydroxyl groups is 1. The monoisotopic (exact) mass is 475 g/mol. The first kappa shape index (κ1) is 24.2. The van der Waals surface area contributed by atoms with Gasteiger partial charge in [-0.3, -0.25) is 9.59 Å². The standard InChI is InChI=1S/C23H23ClFN3O5/c1-2-32-23(31)19(26)11-15(27-22(30)20-12-21(29)28-33-20)9-14-8-7-13(10-17(14)24)16-5-3-4-6-18(16)25/h3-8,10,12,15,19H,2,9,11,26H2,1H3,(H,27,30)(H,28,29)/t15-,19?/m1/s1. The van der Waals surface area contributed by atoms with Crippen LogP contribution < -0.4 is 11.1 Å². The Bertz CT molecular complexity index is 1140. The molecule has 1 aromatic heterocycles. The van der Waals surface area contributed by atoms with Crippen LogP contribution in [0.15, 0.2) is 53.1 Å². The Morgan fingerprint density at radius 2 is 2.03 bits per heavy atom. The lowest BCUT2D eigenvalue weighted by Gasteiger charge is -2.22. The molecule has 3 rings (SSSR count). The summed E-state index contributed by atoms with van der Waals surface area (Å²) in [6, 6.07) is 10.8. The van der Waals surface area contributed by atoms with E-state index in [1.807, 2.05) is 0 Å². The molecule has 0 bridgehead atoms. The zero-order chi connectivity index (χ0) is 24.0. The number of halogens is 2. The second kappa shape index (κ2) is 10.9. The maximum atomic E-state index is 14.1.